The van der Waals surface area contributed by atoms with Gasteiger partial charge in [0.05, 0.1) is 13.2 Å². The monoisotopic (exact) mass is 398 g/mol. The highest BCUT2D eigenvalue weighted by molar-refractivity contribution is 9.10. The molecule has 0 aliphatic carbocycles. The standard InChI is InChI=1S/C17H23BrN2O4/c1-5-22-11-17(10-15(21)23-6-2)19-16(20(4)24-17)14-9-13(18)8-7-12(14)3/h7-9H,5-6,10-11H2,1-4H3. The van der Waals surface area contributed by atoms with Crippen molar-refractivity contribution in [1.29, 1.82) is 0 Å². The topological polar surface area (TPSA) is 60.4 Å². The smallest absolute Gasteiger partial charge is 0.310 e. The first-order valence-electron chi connectivity index (χ1n) is 7.93. The van der Waals surface area contributed by atoms with Gasteiger partial charge in [-0.1, -0.05) is 22.0 Å². The number of nitrogens with zero attached hydrogens (tertiary/aromatic N) is 2. The molecule has 0 saturated carbocycles. The molecule has 1 aliphatic rings. The lowest BCUT2D eigenvalue weighted by Gasteiger charge is -2.25. The second-order valence-corrected chi connectivity index (χ2v) is 6.46. The molecule has 132 valence electrons. The van der Waals surface area contributed by atoms with E-state index in [9.17, 15) is 4.79 Å². The minimum Gasteiger partial charge on any atom is -0.466 e. The minimum atomic E-state index is -1.10. The summed E-state index contributed by atoms with van der Waals surface area (Å²) in [5, 5.41) is 1.59. The van der Waals surface area contributed by atoms with Crippen molar-refractivity contribution in [2.24, 2.45) is 4.99 Å². The summed E-state index contributed by atoms with van der Waals surface area (Å²) in [6, 6.07) is 5.96. The van der Waals surface area contributed by atoms with Gasteiger partial charge in [-0.05, 0) is 38.5 Å². The summed E-state index contributed by atoms with van der Waals surface area (Å²) in [6.45, 7) is 6.68. The van der Waals surface area contributed by atoms with Gasteiger partial charge in [0, 0.05) is 23.7 Å². The maximum Gasteiger partial charge on any atom is 0.310 e. The molecule has 1 aromatic rings. The molecular formula is C17H23BrN2O4. The third-order valence-electron chi connectivity index (χ3n) is 3.61. The van der Waals surface area contributed by atoms with Crippen LogP contribution < -0.4 is 0 Å². The van der Waals surface area contributed by atoms with Crippen molar-refractivity contribution in [3.05, 3.63) is 33.8 Å². The number of hydrogen-bond acceptors (Lipinski definition) is 6. The molecule has 0 radical (unpaired) electrons. The second kappa shape index (κ2) is 8.09. The van der Waals surface area contributed by atoms with E-state index in [1.807, 2.05) is 32.0 Å². The number of hydroxylamine groups is 2. The zero-order valence-electron chi connectivity index (χ0n) is 14.5. The molecule has 0 N–H and O–H groups in total. The number of benzene rings is 1. The Balaban J connectivity index is 2.36. The van der Waals surface area contributed by atoms with Crippen molar-refractivity contribution in [1.82, 2.24) is 5.06 Å². The van der Waals surface area contributed by atoms with Gasteiger partial charge in [0.2, 0.25) is 5.72 Å². The van der Waals surface area contributed by atoms with Gasteiger partial charge < -0.3 is 9.47 Å². The summed E-state index contributed by atoms with van der Waals surface area (Å²) in [7, 11) is 1.78. The van der Waals surface area contributed by atoms with Gasteiger partial charge >= 0.3 is 5.97 Å². The van der Waals surface area contributed by atoms with Gasteiger partial charge in [-0.3, -0.25) is 4.79 Å². The maximum atomic E-state index is 12.0. The Labute approximate surface area is 150 Å². The highest BCUT2D eigenvalue weighted by atomic mass is 79.9. The van der Waals surface area contributed by atoms with E-state index in [4.69, 9.17) is 19.3 Å². The number of rotatable bonds is 7. The van der Waals surface area contributed by atoms with Crippen molar-refractivity contribution >= 4 is 27.7 Å². The molecule has 1 heterocycles. The lowest BCUT2D eigenvalue weighted by Crippen LogP contribution is -2.38. The number of carbonyl (C=O) groups is 1. The van der Waals surface area contributed by atoms with Crippen LogP contribution in [0.4, 0.5) is 0 Å². The first kappa shape index (κ1) is 18.9. The van der Waals surface area contributed by atoms with Crippen LogP contribution >= 0.6 is 15.9 Å². The summed E-state index contributed by atoms with van der Waals surface area (Å²) in [6.07, 6.45) is 0.00172. The summed E-state index contributed by atoms with van der Waals surface area (Å²) >= 11 is 3.48. The summed E-state index contributed by atoms with van der Waals surface area (Å²) in [4.78, 5) is 22.6. The molecule has 7 heteroatoms. The fraction of sp³-hybridized carbons (Fsp3) is 0.529. The fourth-order valence-electron chi connectivity index (χ4n) is 2.53. The van der Waals surface area contributed by atoms with Crippen LogP contribution in [0, 0.1) is 6.92 Å². The minimum absolute atomic E-state index is 0.00172. The summed E-state index contributed by atoms with van der Waals surface area (Å²) < 4.78 is 11.5. The molecule has 0 amide bonds. The van der Waals surface area contributed by atoms with Gasteiger partial charge in [-0.25, -0.2) is 14.9 Å². The van der Waals surface area contributed by atoms with E-state index in [-0.39, 0.29) is 19.0 Å². The van der Waals surface area contributed by atoms with E-state index in [0.29, 0.717) is 19.0 Å². The maximum absolute atomic E-state index is 12.0. The van der Waals surface area contributed by atoms with E-state index < -0.39 is 5.72 Å². The average molecular weight is 399 g/mol. The van der Waals surface area contributed by atoms with E-state index in [1.165, 1.54) is 0 Å². The molecule has 1 unspecified atom stereocenters. The lowest BCUT2D eigenvalue weighted by atomic mass is 10.1. The zero-order valence-corrected chi connectivity index (χ0v) is 16.1. The van der Waals surface area contributed by atoms with E-state index in [1.54, 1.807) is 19.0 Å². The first-order valence-corrected chi connectivity index (χ1v) is 8.72. The Kier molecular flexibility index (Phi) is 6.37. The number of halogens is 1. The number of aliphatic imine (C=N–C) groups is 1. The van der Waals surface area contributed by atoms with E-state index in [2.05, 4.69) is 15.9 Å². The number of amidine groups is 1. The molecule has 1 aromatic carbocycles. The van der Waals surface area contributed by atoms with E-state index >= 15 is 0 Å². The van der Waals surface area contributed by atoms with Crippen molar-refractivity contribution in [3.63, 3.8) is 0 Å². The fourth-order valence-corrected chi connectivity index (χ4v) is 2.89. The van der Waals surface area contributed by atoms with Crippen molar-refractivity contribution in [2.45, 2.75) is 32.9 Å². The molecule has 0 spiro atoms. The lowest BCUT2D eigenvalue weighted by molar-refractivity contribution is -0.199. The quantitative estimate of drug-likeness (QED) is 0.660. The number of esters is 1. The predicted octanol–water partition coefficient (Wildman–Crippen LogP) is 3.07. The number of carbonyl (C=O) groups excluding carboxylic acids is 1. The van der Waals surface area contributed by atoms with Gasteiger partial charge in [0.1, 0.15) is 6.42 Å². The molecule has 0 bridgehead atoms. The molecule has 0 aromatic heterocycles. The zero-order chi connectivity index (χ0) is 17.7. The molecule has 6 nitrogen and oxygen atoms in total. The van der Waals surface area contributed by atoms with Crippen molar-refractivity contribution in [3.8, 4) is 0 Å². The van der Waals surface area contributed by atoms with Crippen LogP contribution in [0.2, 0.25) is 0 Å². The van der Waals surface area contributed by atoms with Crippen LogP contribution in [-0.2, 0) is 19.1 Å². The third-order valence-corrected chi connectivity index (χ3v) is 4.11. The average Bonchev–Trinajstić information content (AvgIpc) is 2.84. The molecular weight excluding hydrogens is 376 g/mol. The predicted molar refractivity (Wildman–Crippen MR) is 94.7 cm³/mol. The number of aryl methyl sites for hydroxylation is 1. The van der Waals surface area contributed by atoms with Crippen LogP contribution in [0.3, 0.4) is 0 Å². The molecule has 24 heavy (non-hydrogen) atoms. The third kappa shape index (κ3) is 4.34. The second-order valence-electron chi connectivity index (χ2n) is 5.55. The molecule has 0 saturated heterocycles. The van der Waals surface area contributed by atoms with Crippen LogP contribution in [0.5, 0.6) is 0 Å². The largest absolute Gasteiger partial charge is 0.466 e. The van der Waals surface area contributed by atoms with E-state index in [0.717, 1.165) is 15.6 Å². The van der Waals surface area contributed by atoms with Crippen LogP contribution in [0.25, 0.3) is 0 Å². The number of ether oxygens (including phenoxy) is 2. The molecule has 1 atom stereocenters. The highest BCUT2D eigenvalue weighted by Crippen LogP contribution is 2.31. The first-order chi connectivity index (χ1) is 11.4. The molecule has 0 fully saturated rings. The Morgan fingerprint density at radius 1 is 1.38 bits per heavy atom. The normalized spacial score (nSPS) is 20.2. The summed E-state index contributed by atoms with van der Waals surface area (Å²) in [5.74, 6) is 0.305. The molecule has 1 aliphatic heterocycles. The van der Waals surface area contributed by atoms with Crippen molar-refractivity contribution in [2.75, 3.05) is 26.9 Å². The Morgan fingerprint density at radius 2 is 2.12 bits per heavy atom. The van der Waals surface area contributed by atoms with Crippen molar-refractivity contribution < 1.29 is 19.1 Å². The Bertz CT molecular complexity index is 635. The van der Waals surface area contributed by atoms with Crippen LogP contribution in [-0.4, -0.2) is 49.5 Å². The van der Waals surface area contributed by atoms with Gasteiger partial charge in [0.25, 0.3) is 0 Å². The summed E-state index contributed by atoms with van der Waals surface area (Å²) in [5.41, 5.74) is 0.908. The molecule has 2 rings (SSSR count). The Hall–Kier alpha value is -1.44. The SMILES string of the molecule is CCOCC1(CC(=O)OCC)N=C(c2cc(Br)ccc2C)N(C)O1. The van der Waals surface area contributed by atoms with Gasteiger partial charge in [-0.15, -0.1) is 0 Å². The highest BCUT2D eigenvalue weighted by Gasteiger charge is 2.43. The van der Waals surface area contributed by atoms with Gasteiger partial charge in [0.15, 0.2) is 5.84 Å². The van der Waals surface area contributed by atoms with Crippen LogP contribution in [0.1, 0.15) is 31.4 Å². The number of hydrogen-bond donors (Lipinski definition) is 0. The van der Waals surface area contributed by atoms with Gasteiger partial charge in [-0.2, -0.15) is 0 Å². The Morgan fingerprint density at radius 3 is 2.79 bits per heavy atom. The van der Waals surface area contributed by atoms with Crippen LogP contribution in [0.15, 0.2) is 27.7 Å².